The number of piperidine rings is 1. The molecule has 0 N–H and O–H groups in total. The zero-order valence-electron chi connectivity index (χ0n) is 13.3. The fourth-order valence-corrected chi connectivity index (χ4v) is 4.09. The molecule has 21 heavy (non-hydrogen) atoms. The van der Waals surface area contributed by atoms with Gasteiger partial charge in [0.2, 0.25) is 5.91 Å². The van der Waals surface area contributed by atoms with Crippen molar-refractivity contribution in [2.75, 3.05) is 13.1 Å². The minimum atomic E-state index is 0.294. The highest BCUT2D eigenvalue weighted by Gasteiger charge is 2.30. The molecule has 0 spiro atoms. The average molecular weight is 289 g/mol. The number of carbonyl (C=O) groups excluding carboxylic acids is 1. The lowest BCUT2D eigenvalue weighted by atomic mass is 9.87. The van der Waals surface area contributed by atoms with Crippen LogP contribution in [0.1, 0.15) is 62.5 Å². The van der Waals surface area contributed by atoms with E-state index in [0.717, 1.165) is 44.6 Å². The van der Waals surface area contributed by atoms with E-state index in [9.17, 15) is 4.79 Å². The van der Waals surface area contributed by atoms with Crippen molar-refractivity contribution in [2.24, 2.45) is 5.92 Å². The summed E-state index contributed by atoms with van der Waals surface area (Å²) >= 11 is 0. The van der Waals surface area contributed by atoms with Crippen LogP contribution in [0.25, 0.3) is 0 Å². The van der Waals surface area contributed by atoms with Crippen LogP contribution in [0.3, 0.4) is 0 Å². The van der Waals surface area contributed by atoms with Crippen LogP contribution in [0.15, 0.2) is 6.20 Å². The summed E-state index contributed by atoms with van der Waals surface area (Å²) in [5.41, 5.74) is 1.21. The minimum Gasteiger partial charge on any atom is -0.340 e. The topological polar surface area (TPSA) is 38.1 Å². The van der Waals surface area contributed by atoms with Gasteiger partial charge < -0.3 is 9.47 Å². The van der Waals surface area contributed by atoms with Gasteiger partial charge in [-0.15, -0.1) is 0 Å². The van der Waals surface area contributed by atoms with Gasteiger partial charge in [0.05, 0.1) is 6.04 Å². The summed E-state index contributed by atoms with van der Waals surface area (Å²) in [7, 11) is 0. The van der Waals surface area contributed by atoms with Crippen LogP contribution in [-0.2, 0) is 4.79 Å². The Hall–Kier alpha value is -1.32. The fraction of sp³-hybridized carbons (Fsp3) is 0.765. The van der Waals surface area contributed by atoms with Gasteiger partial charge in [-0.05, 0) is 39.5 Å². The molecule has 4 heteroatoms. The number of imidazole rings is 1. The Morgan fingerprint density at radius 2 is 1.90 bits per heavy atom. The number of hydrogen-bond acceptors (Lipinski definition) is 2. The van der Waals surface area contributed by atoms with Gasteiger partial charge in [0, 0.05) is 30.9 Å². The van der Waals surface area contributed by atoms with Crippen molar-refractivity contribution in [3.63, 3.8) is 0 Å². The molecule has 1 unspecified atom stereocenters. The Kier molecular flexibility index (Phi) is 4.32. The molecule has 2 fully saturated rings. The number of likely N-dealkylation sites (tertiary alicyclic amines) is 1. The summed E-state index contributed by atoms with van der Waals surface area (Å²) in [5, 5.41) is 0. The third-order valence-electron chi connectivity index (χ3n) is 5.19. The smallest absolute Gasteiger partial charge is 0.225 e. The number of carbonyl (C=O) groups is 1. The van der Waals surface area contributed by atoms with Gasteiger partial charge >= 0.3 is 0 Å². The van der Waals surface area contributed by atoms with Crippen LogP contribution in [0.5, 0.6) is 0 Å². The number of amides is 1. The largest absolute Gasteiger partial charge is 0.340 e. The van der Waals surface area contributed by atoms with E-state index in [0.29, 0.717) is 17.9 Å². The molecule has 0 radical (unpaired) electrons. The maximum atomic E-state index is 12.7. The van der Waals surface area contributed by atoms with Gasteiger partial charge in [0.1, 0.15) is 5.82 Å². The summed E-state index contributed by atoms with van der Waals surface area (Å²) in [6.07, 6.45) is 10.2. The molecule has 2 heterocycles. The molecule has 1 amide bonds. The fourth-order valence-electron chi connectivity index (χ4n) is 4.09. The third kappa shape index (κ3) is 2.99. The number of nitrogens with zero attached hydrogens (tertiary/aromatic N) is 3. The second kappa shape index (κ2) is 6.20. The van der Waals surface area contributed by atoms with Gasteiger partial charge in [0.25, 0.3) is 0 Å². The lowest BCUT2D eigenvalue weighted by molar-refractivity contribution is -0.138. The maximum absolute atomic E-state index is 12.7. The lowest BCUT2D eigenvalue weighted by Gasteiger charge is -2.37. The Morgan fingerprint density at radius 1 is 1.14 bits per heavy atom. The zero-order valence-corrected chi connectivity index (χ0v) is 13.3. The van der Waals surface area contributed by atoms with E-state index in [1.54, 1.807) is 0 Å². The average Bonchev–Trinajstić information content (AvgIpc) is 2.86. The quantitative estimate of drug-likeness (QED) is 0.838. The number of hydrogen-bond donors (Lipinski definition) is 0. The van der Waals surface area contributed by atoms with Gasteiger partial charge in [-0.3, -0.25) is 4.79 Å². The molecule has 1 atom stereocenters. The van der Waals surface area contributed by atoms with E-state index in [1.807, 2.05) is 6.20 Å². The Balaban J connectivity index is 1.69. The normalized spacial score (nSPS) is 24.3. The zero-order chi connectivity index (χ0) is 14.8. The first-order chi connectivity index (χ1) is 10.2. The Morgan fingerprint density at radius 3 is 2.57 bits per heavy atom. The molecule has 1 aliphatic heterocycles. The number of rotatable bonds is 2. The molecule has 3 rings (SSSR count). The molecule has 116 valence electrons. The van der Waals surface area contributed by atoms with Crippen molar-refractivity contribution in [2.45, 2.75) is 64.8 Å². The highest BCUT2D eigenvalue weighted by molar-refractivity contribution is 5.79. The molecular weight excluding hydrogens is 262 g/mol. The summed E-state index contributed by atoms with van der Waals surface area (Å²) in [6, 6.07) is 0.411. The van der Waals surface area contributed by atoms with Crippen LogP contribution in [0.2, 0.25) is 0 Å². The Labute approximate surface area is 127 Å². The van der Waals surface area contributed by atoms with Crippen molar-refractivity contribution in [1.82, 2.24) is 14.5 Å². The van der Waals surface area contributed by atoms with Crippen LogP contribution in [0, 0.1) is 19.8 Å². The van der Waals surface area contributed by atoms with Crippen LogP contribution >= 0.6 is 0 Å². The maximum Gasteiger partial charge on any atom is 0.225 e. The molecule has 1 saturated heterocycles. The van der Waals surface area contributed by atoms with Crippen molar-refractivity contribution in [3.8, 4) is 0 Å². The second-order valence-electron chi connectivity index (χ2n) is 6.73. The minimum absolute atomic E-state index is 0.294. The SMILES string of the molecule is Cc1cnc(C)n1C1CCCN(C(=O)C2CCCCC2)C1. The monoisotopic (exact) mass is 289 g/mol. The van der Waals surface area contributed by atoms with E-state index >= 15 is 0 Å². The van der Waals surface area contributed by atoms with E-state index in [1.165, 1.54) is 25.0 Å². The van der Waals surface area contributed by atoms with E-state index < -0.39 is 0 Å². The summed E-state index contributed by atoms with van der Waals surface area (Å²) in [6.45, 7) is 5.99. The molecule has 1 aromatic heterocycles. The van der Waals surface area contributed by atoms with Crippen LogP contribution in [-0.4, -0.2) is 33.4 Å². The first kappa shape index (κ1) is 14.6. The van der Waals surface area contributed by atoms with E-state index in [2.05, 4.69) is 28.3 Å². The van der Waals surface area contributed by atoms with Crippen molar-refractivity contribution >= 4 is 5.91 Å². The lowest BCUT2D eigenvalue weighted by Crippen LogP contribution is -2.44. The second-order valence-corrected chi connectivity index (χ2v) is 6.73. The Bertz CT molecular complexity index is 483. The number of aryl methyl sites for hydroxylation is 2. The van der Waals surface area contributed by atoms with Crippen molar-refractivity contribution in [1.29, 1.82) is 0 Å². The predicted octanol–water partition coefficient (Wildman–Crippen LogP) is 3.24. The molecule has 0 bridgehead atoms. The molecule has 2 aliphatic rings. The van der Waals surface area contributed by atoms with Gasteiger partial charge in [0.15, 0.2) is 0 Å². The van der Waals surface area contributed by atoms with Gasteiger partial charge in [-0.1, -0.05) is 19.3 Å². The van der Waals surface area contributed by atoms with Gasteiger partial charge in [-0.25, -0.2) is 4.98 Å². The van der Waals surface area contributed by atoms with E-state index in [4.69, 9.17) is 0 Å². The molecule has 1 aromatic rings. The summed E-state index contributed by atoms with van der Waals surface area (Å²) < 4.78 is 2.32. The summed E-state index contributed by atoms with van der Waals surface area (Å²) in [4.78, 5) is 19.3. The van der Waals surface area contributed by atoms with Gasteiger partial charge in [-0.2, -0.15) is 0 Å². The number of aromatic nitrogens is 2. The van der Waals surface area contributed by atoms with Crippen molar-refractivity contribution in [3.05, 3.63) is 17.7 Å². The first-order valence-electron chi connectivity index (χ1n) is 8.46. The molecule has 0 aromatic carbocycles. The summed E-state index contributed by atoms with van der Waals surface area (Å²) in [5.74, 6) is 1.78. The predicted molar refractivity (Wildman–Crippen MR) is 83.1 cm³/mol. The highest BCUT2D eigenvalue weighted by atomic mass is 16.2. The van der Waals surface area contributed by atoms with Crippen LogP contribution < -0.4 is 0 Å². The van der Waals surface area contributed by atoms with E-state index in [-0.39, 0.29) is 0 Å². The highest BCUT2D eigenvalue weighted by Crippen LogP contribution is 2.29. The molecule has 1 saturated carbocycles. The van der Waals surface area contributed by atoms with Crippen LogP contribution in [0.4, 0.5) is 0 Å². The first-order valence-corrected chi connectivity index (χ1v) is 8.46. The molecule has 4 nitrogen and oxygen atoms in total. The molecular formula is C17H27N3O. The van der Waals surface area contributed by atoms with Crippen molar-refractivity contribution < 1.29 is 4.79 Å². The molecule has 1 aliphatic carbocycles. The third-order valence-corrected chi connectivity index (χ3v) is 5.19. The standard InChI is InChI=1S/C17H27N3O/c1-13-11-18-14(2)20(13)16-9-6-10-19(12-16)17(21)15-7-4-3-5-8-15/h11,15-16H,3-10,12H2,1-2H3.